The second-order valence-corrected chi connectivity index (χ2v) is 2.69. The van der Waals surface area contributed by atoms with Gasteiger partial charge in [-0.2, -0.15) is 0 Å². The summed E-state index contributed by atoms with van der Waals surface area (Å²) in [6.07, 6.45) is 5.62. The van der Waals surface area contributed by atoms with Crippen molar-refractivity contribution < 1.29 is 4.74 Å². The third kappa shape index (κ3) is 1.54. The lowest BCUT2D eigenvalue weighted by Gasteiger charge is -1.99. The van der Waals surface area contributed by atoms with Crippen LogP contribution in [-0.2, 0) is 0 Å². The number of nitrogens with zero attached hydrogens (tertiary/aromatic N) is 1. The molecule has 0 amide bonds. The van der Waals surface area contributed by atoms with Crippen molar-refractivity contribution in [2.75, 3.05) is 7.11 Å². The van der Waals surface area contributed by atoms with Gasteiger partial charge in [0.1, 0.15) is 0 Å². The first-order valence-electron chi connectivity index (χ1n) is 4.03. The Balaban J connectivity index is 2.33. The van der Waals surface area contributed by atoms with Crippen LogP contribution in [0.4, 0.5) is 0 Å². The molecule has 0 spiro atoms. The van der Waals surface area contributed by atoms with Crippen molar-refractivity contribution in [1.82, 2.24) is 9.97 Å². The number of pyridine rings is 1. The number of aromatic nitrogens is 2. The summed E-state index contributed by atoms with van der Waals surface area (Å²) >= 11 is 0. The minimum atomic E-state index is 0.638. The molecule has 2 rings (SSSR count). The Labute approximate surface area is 76.4 Å². The van der Waals surface area contributed by atoms with Crippen molar-refractivity contribution >= 4 is 0 Å². The van der Waals surface area contributed by atoms with Gasteiger partial charge in [-0.3, -0.25) is 0 Å². The van der Waals surface area contributed by atoms with Crippen molar-refractivity contribution in [3.63, 3.8) is 0 Å². The number of hydrogen-bond acceptors (Lipinski definition) is 2. The molecule has 2 aromatic heterocycles. The lowest BCUT2D eigenvalue weighted by atomic mass is 10.1. The average molecular weight is 174 g/mol. The average Bonchev–Trinajstić information content (AvgIpc) is 2.71. The Morgan fingerprint density at radius 2 is 2.15 bits per heavy atom. The molecule has 0 unspecified atom stereocenters. The van der Waals surface area contributed by atoms with Gasteiger partial charge in [0.25, 0.3) is 0 Å². The molecular formula is C10H10N2O. The van der Waals surface area contributed by atoms with Gasteiger partial charge in [-0.05, 0) is 12.1 Å². The van der Waals surface area contributed by atoms with Gasteiger partial charge in [0.2, 0.25) is 5.88 Å². The van der Waals surface area contributed by atoms with Crippen LogP contribution < -0.4 is 4.74 Å². The number of hydrogen-bond donors (Lipinski definition) is 1. The maximum atomic E-state index is 4.97. The highest BCUT2D eigenvalue weighted by atomic mass is 16.5. The van der Waals surface area contributed by atoms with Gasteiger partial charge in [0.05, 0.1) is 7.11 Å². The highest BCUT2D eigenvalue weighted by molar-refractivity contribution is 5.61. The first-order valence-corrected chi connectivity index (χ1v) is 4.03. The van der Waals surface area contributed by atoms with Crippen LogP contribution in [0.2, 0.25) is 0 Å². The topological polar surface area (TPSA) is 37.9 Å². The summed E-state index contributed by atoms with van der Waals surface area (Å²) in [7, 11) is 1.61. The van der Waals surface area contributed by atoms with E-state index in [1.165, 1.54) is 0 Å². The molecule has 2 aromatic rings. The molecule has 1 N–H and O–H groups in total. The molecular weight excluding hydrogens is 164 g/mol. The molecule has 0 atom stereocenters. The first kappa shape index (κ1) is 7.86. The lowest BCUT2D eigenvalue weighted by Crippen LogP contribution is -1.86. The maximum Gasteiger partial charge on any atom is 0.212 e. The van der Waals surface area contributed by atoms with Gasteiger partial charge in [-0.15, -0.1) is 0 Å². The van der Waals surface area contributed by atoms with Crippen LogP contribution in [-0.4, -0.2) is 17.1 Å². The van der Waals surface area contributed by atoms with E-state index < -0.39 is 0 Å². The second kappa shape index (κ2) is 3.31. The van der Waals surface area contributed by atoms with Gasteiger partial charge in [-0.25, -0.2) is 4.98 Å². The minimum absolute atomic E-state index is 0.638. The third-order valence-electron chi connectivity index (χ3n) is 1.88. The predicted molar refractivity (Wildman–Crippen MR) is 50.6 cm³/mol. The Morgan fingerprint density at radius 3 is 2.69 bits per heavy atom. The van der Waals surface area contributed by atoms with Gasteiger partial charge in [-0.1, -0.05) is 0 Å². The summed E-state index contributed by atoms with van der Waals surface area (Å²) in [5.41, 5.74) is 2.22. The molecule has 0 radical (unpaired) electrons. The molecule has 0 saturated carbocycles. The molecule has 0 aliphatic rings. The largest absolute Gasteiger partial charge is 0.481 e. The fourth-order valence-electron chi connectivity index (χ4n) is 1.18. The summed E-state index contributed by atoms with van der Waals surface area (Å²) in [5.74, 6) is 0.638. The number of H-pyrrole nitrogens is 1. The Hall–Kier alpha value is -1.77. The van der Waals surface area contributed by atoms with Gasteiger partial charge >= 0.3 is 0 Å². The van der Waals surface area contributed by atoms with Crippen molar-refractivity contribution in [3.8, 4) is 17.0 Å². The molecule has 3 nitrogen and oxygen atoms in total. The third-order valence-corrected chi connectivity index (χ3v) is 1.88. The Kier molecular flexibility index (Phi) is 2.00. The molecule has 2 heterocycles. The van der Waals surface area contributed by atoms with Crippen LogP contribution in [0.15, 0.2) is 36.8 Å². The summed E-state index contributed by atoms with van der Waals surface area (Å²) in [5, 5.41) is 0. The predicted octanol–water partition coefficient (Wildman–Crippen LogP) is 2.09. The van der Waals surface area contributed by atoms with Crippen molar-refractivity contribution in [2.24, 2.45) is 0 Å². The van der Waals surface area contributed by atoms with Crippen LogP contribution in [0.5, 0.6) is 5.88 Å². The van der Waals surface area contributed by atoms with E-state index in [9.17, 15) is 0 Å². The van der Waals surface area contributed by atoms with E-state index in [0.717, 1.165) is 11.1 Å². The fourth-order valence-corrected chi connectivity index (χ4v) is 1.18. The molecule has 0 fully saturated rings. The van der Waals surface area contributed by atoms with Crippen LogP contribution in [0.25, 0.3) is 11.1 Å². The zero-order valence-corrected chi connectivity index (χ0v) is 7.32. The normalized spacial score (nSPS) is 9.92. The van der Waals surface area contributed by atoms with Crippen molar-refractivity contribution in [2.45, 2.75) is 0 Å². The van der Waals surface area contributed by atoms with Crippen LogP contribution in [0.1, 0.15) is 0 Å². The summed E-state index contributed by atoms with van der Waals surface area (Å²) in [6, 6.07) is 5.83. The highest BCUT2D eigenvalue weighted by Crippen LogP contribution is 2.18. The first-order chi connectivity index (χ1) is 6.40. The highest BCUT2D eigenvalue weighted by Gasteiger charge is 1.98. The van der Waals surface area contributed by atoms with E-state index in [2.05, 4.69) is 9.97 Å². The van der Waals surface area contributed by atoms with Crippen LogP contribution in [0, 0.1) is 0 Å². The molecule has 3 heteroatoms. The molecule has 66 valence electrons. The minimum Gasteiger partial charge on any atom is -0.481 e. The second-order valence-electron chi connectivity index (χ2n) is 2.69. The zero-order chi connectivity index (χ0) is 9.10. The Bertz CT molecular complexity index is 364. The maximum absolute atomic E-state index is 4.97. The monoisotopic (exact) mass is 174 g/mol. The standard InChI is InChI=1S/C10H10N2O/c1-13-10-3-2-8(7-12-10)9-4-5-11-6-9/h2-7,11H,1H3. The zero-order valence-electron chi connectivity index (χ0n) is 7.32. The van der Waals surface area contributed by atoms with Crippen LogP contribution in [0.3, 0.4) is 0 Å². The van der Waals surface area contributed by atoms with E-state index >= 15 is 0 Å². The molecule has 0 aromatic carbocycles. The van der Waals surface area contributed by atoms with E-state index in [4.69, 9.17) is 4.74 Å². The molecule has 0 saturated heterocycles. The summed E-state index contributed by atoms with van der Waals surface area (Å²) < 4.78 is 4.97. The van der Waals surface area contributed by atoms with Crippen LogP contribution >= 0.6 is 0 Å². The SMILES string of the molecule is COc1ccc(-c2cc[nH]c2)cn1. The number of nitrogens with one attached hydrogen (secondary N) is 1. The number of methoxy groups -OCH3 is 1. The van der Waals surface area contributed by atoms with E-state index in [-0.39, 0.29) is 0 Å². The van der Waals surface area contributed by atoms with Gasteiger partial charge in [0.15, 0.2) is 0 Å². The summed E-state index contributed by atoms with van der Waals surface area (Å²) in [6.45, 7) is 0. The summed E-state index contributed by atoms with van der Waals surface area (Å²) in [4.78, 5) is 7.11. The number of aromatic amines is 1. The number of ether oxygens (including phenoxy) is 1. The molecule has 13 heavy (non-hydrogen) atoms. The smallest absolute Gasteiger partial charge is 0.212 e. The van der Waals surface area contributed by atoms with E-state index in [0.29, 0.717) is 5.88 Å². The van der Waals surface area contributed by atoms with Crippen molar-refractivity contribution in [1.29, 1.82) is 0 Å². The van der Waals surface area contributed by atoms with Gasteiger partial charge in [0, 0.05) is 35.8 Å². The van der Waals surface area contributed by atoms with E-state index in [1.807, 2.05) is 30.6 Å². The Morgan fingerprint density at radius 1 is 1.23 bits per heavy atom. The van der Waals surface area contributed by atoms with Crippen molar-refractivity contribution in [3.05, 3.63) is 36.8 Å². The van der Waals surface area contributed by atoms with Gasteiger partial charge < -0.3 is 9.72 Å². The quantitative estimate of drug-likeness (QED) is 0.756. The lowest BCUT2D eigenvalue weighted by molar-refractivity contribution is 0.398. The number of rotatable bonds is 2. The van der Waals surface area contributed by atoms with E-state index in [1.54, 1.807) is 13.3 Å². The molecule has 0 bridgehead atoms. The fraction of sp³-hybridized carbons (Fsp3) is 0.100. The molecule has 0 aliphatic carbocycles. The molecule has 0 aliphatic heterocycles.